The third-order valence-corrected chi connectivity index (χ3v) is 1.94. The first-order chi connectivity index (χ1) is 9.22. The maximum atomic E-state index is 10.7. The van der Waals surface area contributed by atoms with Crippen LogP contribution >= 0.6 is 0 Å². The number of rotatable bonds is 4. The van der Waals surface area contributed by atoms with Crippen LogP contribution in [0.1, 0.15) is 31.1 Å². The zero-order valence-electron chi connectivity index (χ0n) is 10.1. The monoisotopic (exact) mass is 281 g/mol. The number of carboxylic acid groups (broad SMARTS) is 3. The van der Waals surface area contributed by atoms with Crippen LogP contribution in [0.4, 0.5) is 0 Å². The van der Waals surface area contributed by atoms with Crippen LogP contribution < -0.4 is 5.73 Å². The summed E-state index contributed by atoms with van der Waals surface area (Å²) < 4.78 is 0. The molecule has 20 heavy (non-hydrogen) atoms. The number of carboxylic acids is 3. The average Bonchev–Trinajstić information content (AvgIpc) is 2.38. The van der Waals surface area contributed by atoms with E-state index in [4.69, 9.17) is 15.3 Å². The molecule has 5 N–H and O–H groups in total. The SMILES string of the molecule is C=CC(N)=O.O=C(O)c1cccc(C(=O)O)c1C(=O)O. The minimum atomic E-state index is -1.58. The van der Waals surface area contributed by atoms with Crippen molar-refractivity contribution in [3.63, 3.8) is 0 Å². The van der Waals surface area contributed by atoms with E-state index >= 15 is 0 Å². The fraction of sp³-hybridized carbons (Fsp3) is 0. The number of aromatic carboxylic acids is 3. The van der Waals surface area contributed by atoms with Crippen molar-refractivity contribution < 1.29 is 34.5 Å². The molecule has 0 fully saturated rings. The van der Waals surface area contributed by atoms with E-state index in [0.717, 1.165) is 18.2 Å². The highest BCUT2D eigenvalue weighted by atomic mass is 16.4. The van der Waals surface area contributed by atoms with E-state index in [9.17, 15) is 19.2 Å². The third kappa shape index (κ3) is 4.61. The molecule has 0 saturated carbocycles. The average molecular weight is 281 g/mol. The van der Waals surface area contributed by atoms with Gasteiger partial charge in [0, 0.05) is 0 Å². The third-order valence-electron chi connectivity index (χ3n) is 1.94. The molecule has 0 atom stereocenters. The van der Waals surface area contributed by atoms with Gasteiger partial charge in [-0.1, -0.05) is 12.6 Å². The molecule has 0 aromatic heterocycles. The smallest absolute Gasteiger partial charge is 0.337 e. The highest BCUT2D eigenvalue weighted by Crippen LogP contribution is 2.15. The van der Waals surface area contributed by atoms with E-state index < -0.39 is 40.5 Å². The maximum Gasteiger partial charge on any atom is 0.337 e. The number of primary amides is 1. The Morgan fingerprint density at radius 1 is 0.950 bits per heavy atom. The number of benzene rings is 1. The van der Waals surface area contributed by atoms with Gasteiger partial charge in [-0.05, 0) is 18.2 Å². The van der Waals surface area contributed by atoms with Gasteiger partial charge in [-0.3, -0.25) is 4.79 Å². The number of carbonyl (C=O) groups is 4. The molecule has 1 aromatic carbocycles. The normalized spacial score (nSPS) is 8.80. The molecule has 106 valence electrons. The van der Waals surface area contributed by atoms with Crippen molar-refractivity contribution in [3.8, 4) is 0 Å². The summed E-state index contributed by atoms with van der Waals surface area (Å²) in [4.78, 5) is 41.5. The number of carbonyl (C=O) groups excluding carboxylic acids is 1. The van der Waals surface area contributed by atoms with Gasteiger partial charge in [0.15, 0.2) is 0 Å². The van der Waals surface area contributed by atoms with Gasteiger partial charge in [0.05, 0.1) is 16.7 Å². The van der Waals surface area contributed by atoms with Crippen molar-refractivity contribution in [1.82, 2.24) is 0 Å². The topological polar surface area (TPSA) is 155 Å². The fourth-order valence-corrected chi connectivity index (χ4v) is 1.14. The molecule has 0 aliphatic carbocycles. The Balaban J connectivity index is 0.000000621. The Morgan fingerprint density at radius 2 is 1.30 bits per heavy atom. The fourth-order valence-electron chi connectivity index (χ4n) is 1.14. The quantitative estimate of drug-likeness (QED) is 0.583. The molecule has 0 bridgehead atoms. The van der Waals surface area contributed by atoms with Gasteiger partial charge in [-0.2, -0.15) is 0 Å². The summed E-state index contributed by atoms with van der Waals surface area (Å²) >= 11 is 0. The van der Waals surface area contributed by atoms with Crippen molar-refractivity contribution in [1.29, 1.82) is 0 Å². The van der Waals surface area contributed by atoms with Gasteiger partial charge in [-0.15, -0.1) is 0 Å². The predicted molar refractivity (Wildman–Crippen MR) is 66.7 cm³/mol. The summed E-state index contributed by atoms with van der Waals surface area (Å²) in [5, 5.41) is 26.0. The lowest BCUT2D eigenvalue weighted by atomic mass is 10.0. The molecule has 0 aliphatic heterocycles. The number of nitrogens with two attached hydrogens (primary N) is 1. The van der Waals surface area contributed by atoms with Crippen LogP contribution in [0.15, 0.2) is 30.9 Å². The zero-order valence-corrected chi connectivity index (χ0v) is 10.1. The van der Waals surface area contributed by atoms with Gasteiger partial charge < -0.3 is 21.1 Å². The summed E-state index contributed by atoms with van der Waals surface area (Å²) in [6, 6.07) is 3.26. The summed E-state index contributed by atoms with van der Waals surface area (Å²) in [7, 11) is 0. The van der Waals surface area contributed by atoms with E-state index in [2.05, 4.69) is 12.3 Å². The second-order valence-corrected chi connectivity index (χ2v) is 3.25. The van der Waals surface area contributed by atoms with E-state index in [0.29, 0.717) is 0 Å². The first kappa shape index (κ1) is 16.8. The molecular formula is C12H11NO7. The minimum absolute atomic E-state index is 0.481. The molecule has 1 rings (SSSR count). The van der Waals surface area contributed by atoms with E-state index in [1.807, 2.05) is 0 Å². The first-order valence-corrected chi connectivity index (χ1v) is 4.97. The molecular weight excluding hydrogens is 270 g/mol. The molecule has 0 radical (unpaired) electrons. The molecule has 0 unspecified atom stereocenters. The lowest BCUT2D eigenvalue weighted by Gasteiger charge is -2.04. The second kappa shape index (κ2) is 7.31. The summed E-state index contributed by atoms with van der Waals surface area (Å²) in [5.74, 6) is -5.01. The summed E-state index contributed by atoms with van der Waals surface area (Å²) in [6.45, 7) is 3.09. The van der Waals surface area contributed by atoms with Crippen molar-refractivity contribution in [2.45, 2.75) is 0 Å². The van der Waals surface area contributed by atoms with Crippen LogP contribution in [0.25, 0.3) is 0 Å². The van der Waals surface area contributed by atoms with Crippen LogP contribution in [0.2, 0.25) is 0 Å². The van der Waals surface area contributed by atoms with E-state index in [-0.39, 0.29) is 0 Å². The molecule has 1 aromatic rings. The lowest BCUT2D eigenvalue weighted by Crippen LogP contribution is -2.14. The largest absolute Gasteiger partial charge is 0.478 e. The Morgan fingerprint density at radius 3 is 1.50 bits per heavy atom. The lowest BCUT2D eigenvalue weighted by molar-refractivity contribution is -0.113. The Kier molecular flexibility index (Phi) is 6.16. The van der Waals surface area contributed by atoms with Gasteiger partial charge >= 0.3 is 17.9 Å². The molecule has 0 spiro atoms. The van der Waals surface area contributed by atoms with Crippen LogP contribution in [-0.4, -0.2) is 39.1 Å². The highest BCUT2D eigenvalue weighted by molar-refractivity contribution is 6.09. The van der Waals surface area contributed by atoms with Gasteiger partial charge in [0.2, 0.25) is 5.91 Å². The zero-order chi connectivity index (χ0) is 15.9. The number of amides is 1. The second-order valence-electron chi connectivity index (χ2n) is 3.25. The van der Waals surface area contributed by atoms with Gasteiger partial charge in [-0.25, -0.2) is 14.4 Å². The minimum Gasteiger partial charge on any atom is -0.478 e. The number of hydrogen-bond donors (Lipinski definition) is 4. The van der Waals surface area contributed by atoms with Gasteiger partial charge in [0.25, 0.3) is 0 Å². The molecule has 8 nitrogen and oxygen atoms in total. The van der Waals surface area contributed by atoms with Crippen LogP contribution in [-0.2, 0) is 4.79 Å². The Hall–Kier alpha value is -3.16. The summed E-state index contributed by atoms with van der Waals surface area (Å²) in [5.41, 5.74) is 2.75. The molecule has 1 amide bonds. The molecule has 8 heteroatoms. The standard InChI is InChI=1S/C9H6O6.C3H5NO/c10-7(11)4-2-1-3-5(8(12)13)6(4)9(14)15;1-2-3(4)5/h1-3H,(H,10,11)(H,12,13)(H,14,15);2H,1H2,(H2,4,5). The van der Waals surface area contributed by atoms with E-state index in [1.165, 1.54) is 6.07 Å². The molecule has 0 aliphatic rings. The predicted octanol–water partition coefficient (Wildman–Crippen LogP) is 0.439. The highest BCUT2D eigenvalue weighted by Gasteiger charge is 2.22. The number of hydrogen-bond acceptors (Lipinski definition) is 4. The first-order valence-electron chi connectivity index (χ1n) is 4.97. The molecule has 0 heterocycles. The van der Waals surface area contributed by atoms with E-state index in [1.54, 1.807) is 0 Å². The molecule has 0 saturated heterocycles. The maximum absolute atomic E-state index is 10.7. The van der Waals surface area contributed by atoms with Crippen LogP contribution in [0.5, 0.6) is 0 Å². The van der Waals surface area contributed by atoms with Crippen LogP contribution in [0, 0.1) is 0 Å². The van der Waals surface area contributed by atoms with Crippen molar-refractivity contribution in [3.05, 3.63) is 47.5 Å². The summed E-state index contributed by atoms with van der Waals surface area (Å²) in [6.07, 6.45) is 1.06. The Bertz CT molecular complexity index is 545. The van der Waals surface area contributed by atoms with Crippen molar-refractivity contribution in [2.24, 2.45) is 5.73 Å². The van der Waals surface area contributed by atoms with Crippen LogP contribution in [0.3, 0.4) is 0 Å². The van der Waals surface area contributed by atoms with Gasteiger partial charge in [0.1, 0.15) is 0 Å². The van der Waals surface area contributed by atoms with Crippen molar-refractivity contribution >= 4 is 23.8 Å². The Labute approximate surface area is 112 Å². The van der Waals surface area contributed by atoms with Crippen molar-refractivity contribution in [2.75, 3.05) is 0 Å².